The summed E-state index contributed by atoms with van der Waals surface area (Å²) in [4.78, 5) is 24.3. The van der Waals surface area contributed by atoms with Gasteiger partial charge < -0.3 is 14.5 Å². The average molecular weight is 616 g/mol. The zero-order valence-corrected chi connectivity index (χ0v) is 28.7. The fraction of sp³-hybridized carbons (Fsp3) is 0.545. The highest BCUT2D eigenvalue weighted by molar-refractivity contribution is 6.74. The standard InChI is InChI=1S/C33H45N7O3Si/c1-31(2,3)43-30(41)40-19-33(7,20-42-44(9,10)32(4,5)6)24-16-22(15-23(18-34)28(24)40)25-13-14-35-29(36-25)37-27-17-26(21-11-12-21)39(8)38-27/h13-17,21H,11-12,19-20H2,1-10H3,(H,35,36,37,38). The van der Waals surface area contributed by atoms with Crippen molar-refractivity contribution in [3.63, 3.8) is 0 Å². The van der Waals surface area contributed by atoms with Crippen LogP contribution in [0.25, 0.3) is 11.3 Å². The Labute approximate surface area is 261 Å². The number of nitriles is 1. The second-order valence-corrected chi connectivity index (χ2v) is 19.8. The fourth-order valence-corrected chi connectivity index (χ4v) is 6.39. The number of amides is 1. The topological polar surface area (TPSA) is 118 Å². The van der Waals surface area contributed by atoms with Crippen LogP contribution in [0, 0.1) is 11.3 Å². The number of nitrogens with one attached hydrogen (secondary N) is 1. The monoisotopic (exact) mass is 615 g/mol. The number of ether oxygens (including phenoxy) is 1. The van der Waals surface area contributed by atoms with E-state index in [0.717, 1.165) is 11.1 Å². The third-order valence-electron chi connectivity index (χ3n) is 8.93. The second-order valence-electron chi connectivity index (χ2n) is 15.0. The molecule has 1 aliphatic carbocycles. The lowest BCUT2D eigenvalue weighted by atomic mass is 9.83. The fourth-order valence-electron chi connectivity index (χ4n) is 5.28. The molecule has 11 heteroatoms. The maximum atomic E-state index is 13.5. The highest BCUT2D eigenvalue weighted by Gasteiger charge is 2.47. The molecule has 1 aliphatic heterocycles. The molecule has 44 heavy (non-hydrogen) atoms. The molecule has 3 aromatic rings. The number of aromatic nitrogens is 4. The third-order valence-corrected chi connectivity index (χ3v) is 13.4. The minimum absolute atomic E-state index is 0.0205. The molecule has 3 heterocycles. The first-order valence-corrected chi connectivity index (χ1v) is 18.2. The van der Waals surface area contributed by atoms with Crippen molar-refractivity contribution in [3.8, 4) is 17.3 Å². The Morgan fingerprint density at radius 2 is 1.89 bits per heavy atom. The molecule has 1 N–H and O–H groups in total. The summed E-state index contributed by atoms with van der Waals surface area (Å²) in [6, 6.07) is 10.0. The first-order chi connectivity index (χ1) is 20.4. The van der Waals surface area contributed by atoms with Gasteiger partial charge in [0.15, 0.2) is 14.1 Å². The smallest absolute Gasteiger partial charge is 0.414 e. The van der Waals surface area contributed by atoms with Crippen LogP contribution in [0.3, 0.4) is 0 Å². The number of hydrogen-bond acceptors (Lipinski definition) is 8. The Balaban J connectivity index is 1.54. The molecule has 0 spiro atoms. The van der Waals surface area contributed by atoms with E-state index in [2.05, 4.69) is 68.3 Å². The van der Waals surface area contributed by atoms with Crippen molar-refractivity contribution >= 4 is 31.9 Å². The lowest BCUT2D eigenvalue weighted by Crippen LogP contribution is -2.46. The van der Waals surface area contributed by atoms with E-state index in [9.17, 15) is 10.1 Å². The van der Waals surface area contributed by atoms with Gasteiger partial charge in [-0.2, -0.15) is 10.4 Å². The normalized spacial score (nSPS) is 18.6. The summed E-state index contributed by atoms with van der Waals surface area (Å²) in [5, 5.41) is 18.2. The third kappa shape index (κ3) is 6.37. The van der Waals surface area contributed by atoms with Crippen LogP contribution in [0.5, 0.6) is 0 Å². The van der Waals surface area contributed by atoms with E-state index in [1.807, 2.05) is 44.6 Å². The van der Waals surface area contributed by atoms with Gasteiger partial charge in [-0.15, -0.1) is 0 Å². The molecule has 0 radical (unpaired) electrons. The van der Waals surface area contributed by atoms with E-state index >= 15 is 0 Å². The summed E-state index contributed by atoms with van der Waals surface area (Å²) in [6.45, 7) is 19.4. The molecule has 10 nitrogen and oxygen atoms in total. The van der Waals surface area contributed by atoms with Crippen molar-refractivity contribution in [3.05, 3.63) is 47.3 Å². The molecule has 234 valence electrons. The van der Waals surface area contributed by atoms with Crippen molar-refractivity contribution in [1.29, 1.82) is 5.26 Å². The average Bonchev–Trinajstić information content (AvgIpc) is 3.64. The van der Waals surface area contributed by atoms with Crippen LogP contribution in [0.4, 0.5) is 22.2 Å². The summed E-state index contributed by atoms with van der Waals surface area (Å²) in [6.07, 6.45) is 3.60. The van der Waals surface area contributed by atoms with Gasteiger partial charge in [0.2, 0.25) is 5.95 Å². The summed E-state index contributed by atoms with van der Waals surface area (Å²) in [5.41, 5.74) is 3.17. The molecule has 5 rings (SSSR count). The molecule has 1 amide bonds. The van der Waals surface area contributed by atoms with Crippen LogP contribution < -0.4 is 10.2 Å². The van der Waals surface area contributed by atoms with Gasteiger partial charge in [-0.25, -0.2) is 14.8 Å². The quantitative estimate of drug-likeness (QED) is 0.273. The number of hydrogen-bond donors (Lipinski definition) is 1. The molecule has 2 aliphatic rings. The maximum absolute atomic E-state index is 13.5. The van der Waals surface area contributed by atoms with E-state index < -0.39 is 25.4 Å². The Morgan fingerprint density at radius 1 is 1.18 bits per heavy atom. The van der Waals surface area contributed by atoms with Gasteiger partial charge >= 0.3 is 6.09 Å². The van der Waals surface area contributed by atoms with Gasteiger partial charge in [-0.3, -0.25) is 9.58 Å². The van der Waals surface area contributed by atoms with Crippen LogP contribution in [-0.4, -0.2) is 52.9 Å². The van der Waals surface area contributed by atoms with Crippen LogP contribution in [0.1, 0.15) is 84.0 Å². The Kier molecular flexibility index (Phi) is 7.92. The number of carbonyl (C=O) groups is 1. The maximum Gasteiger partial charge on any atom is 0.414 e. The molecular formula is C33H45N7O3Si. The van der Waals surface area contributed by atoms with Gasteiger partial charge in [0.1, 0.15) is 11.7 Å². The summed E-state index contributed by atoms with van der Waals surface area (Å²) >= 11 is 0. The van der Waals surface area contributed by atoms with Crippen LogP contribution in [0.2, 0.25) is 18.1 Å². The van der Waals surface area contributed by atoms with Crippen molar-refractivity contribution in [2.24, 2.45) is 7.05 Å². The summed E-state index contributed by atoms with van der Waals surface area (Å²) in [7, 11) is -0.159. The van der Waals surface area contributed by atoms with Crippen LogP contribution in [0.15, 0.2) is 30.5 Å². The van der Waals surface area contributed by atoms with Gasteiger partial charge in [-0.05, 0) is 75.5 Å². The summed E-state index contributed by atoms with van der Waals surface area (Å²) < 4.78 is 14.4. The number of fused-ring (bicyclic) bond motifs is 1. The molecule has 2 aromatic heterocycles. The number of benzene rings is 1. The molecular weight excluding hydrogens is 570 g/mol. The molecule has 1 unspecified atom stereocenters. The van der Waals surface area contributed by atoms with Gasteiger partial charge in [0, 0.05) is 55.1 Å². The SMILES string of the molecule is Cn1nc(Nc2nccc(-c3cc(C#N)c4c(c3)C(C)(CO[Si](C)(C)C(C)(C)C)CN4C(=O)OC(C)(C)C)n2)cc1C1CC1. The number of nitrogens with zero attached hydrogens (tertiary/aromatic N) is 6. The Hall–Kier alpha value is -3.75. The number of aryl methyl sites for hydroxylation is 1. The highest BCUT2D eigenvalue weighted by atomic mass is 28.4. The van der Waals surface area contributed by atoms with E-state index in [0.29, 0.717) is 47.8 Å². The molecule has 0 bridgehead atoms. The van der Waals surface area contributed by atoms with Crippen molar-refractivity contribution in [2.75, 3.05) is 23.4 Å². The van der Waals surface area contributed by atoms with E-state index in [1.165, 1.54) is 18.5 Å². The zero-order valence-electron chi connectivity index (χ0n) is 27.7. The number of carbonyl (C=O) groups excluding carboxylic acids is 1. The highest BCUT2D eigenvalue weighted by Crippen LogP contribution is 2.47. The number of anilines is 3. The lowest BCUT2D eigenvalue weighted by Gasteiger charge is -2.39. The van der Waals surface area contributed by atoms with Gasteiger partial charge in [0.25, 0.3) is 0 Å². The Bertz CT molecular complexity index is 1630. The first-order valence-electron chi connectivity index (χ1n) is 15.3. The van der Waals surface area contributed by atoms with Crippen LogP contribution in [-0.2, 0) is 21.6 Å². The molecule has 1 atom stereocenters. The van der Waals surface area contributed by atoms with E-state index in [1.54, 1.807) is 17.2 Å². The molecule has 1 saturated carbocycles. The Morgan fingerprint density at radius 3 is 2.50 bits per heavy atom. The minimum Gasteiger partial charge on any atom is -0.443 e. The number of rotatable bonds is 7. The first kappa shape index (κ1) is 31.7. The van der Waals surface area contributed by atoms with E-state index in [-0.39, 0.29) is 5.04 Å². The molecule has 1 aromatic carbocycles. The lowest BCUT2D eigenvalue weighted by molar-refractivity contribution is 0.0575. The van der Waals surface area contributed by atoms with Crippen molar-refractivity contribution in [2.45, 2.75) is 96.4 Å². The van der Waals surface area contributed by atoms with E-state index in [4.69, 9.17) is 14.1 Å². The van der Waals surface area contributed by atoms with Crippen molar-refractivity contribution in [1.82, 2.24) is 19.7 Å². The van der Waals surface area contributed by atoms with Crippen LogP contribution >= 0.6 is 0 Å². The predicted octanol–water partition coefficient (Wildman–Crippen LogP) is 7.40. The predicted molar refractivity (Wildman–Crippen MR) is 175 cm³/mol. The molecule has 0 saturated heterocycles. The van der Waals surface area contributed by atoms with Gasteiger partial charge in [-0.1, -0.05) is 27.7 Å². The van der Waals surface area contributed by atoms with Gasteiger partial charge in [0.05, 0.1) is 16.9 Å². The summed E-state index contributed by atoms with van der Waals surface area (Å²) in [5.74, 6) is 1.68. The van der Waals surface area contributed by atoms with Crippen molar-refractivity contribution < 1.29 is 14.0 Å². The largest absolute Gasteiger partial charge is 0.443 e. The zero-order chi connectivity index (χ0) is 32.2. The second kappa shape index (κ2) is 11.0. The molecule has 1 fully saturated rings. The minimum atomic E-state index is -2.11.